The van der Waals surface area contributed by atoms with Gasteiger partial charge in [0.05, 0.1) is 36.4 Å². The van der Waals surface area contributed by atoms with Crippen LogP contribution in [0.5, 0.6) is 5.75 Å². The highest BCUT2D eigenvalue weighted by Gasteiger charge is 2.56. The van der Waals surface area contributed by atoms with Crippen molar-refractivity contribution < 1.29 is 4.74 Å². The molecule has 1 unspecified atom stereocenters. The van der Waals surface area contributed by atoms with Crippen molar-refractivity contribution in [2.45, 2.75) is 11.5 Å². The number of nitrogens with zero attached hydrogens (tertiary/aromatic N) is 3. The van der Waals surface area contributed by atoms with Gasteiger partial charge in [-0.05, 0) is 46.5 Å². The predicted octanol–water partition coefficient (Wildman–Crippen LogP) is 5.77. The van der Waals surface area contributed by atoms with Crippen molar-refractivity contribution in [3.63, 3.8) is 0 Å². The highest BCUT2D eigenvalue weighted by atomic mass is 16.5. The van der Waals surface area contributed by atoms with Gasteiger partial charge in [-0.25, -0.2) is 5.01 Å². The summed E-state index contributed by atoms with van der Waals surface area (Å²) in [5, 5.41) is 17.2. The normalized spacial score (nSPS) is 16.8. The van der Waals surface area contributed by atoms with Gasteiger partial charge in [0.2, 0.25) is 0 Å². The van der Waals surface area contributed by atoms with Crippen LogP contribution in [0.2, 0.25) is 0 Å². The van der Waals surface area contributed by atoms with Gasteiger partial charge in [-0.15, -0.1) is 0 Å². The molecule has 0 aliphatic carbocycles. The third-order valence-electron chi connectivity index (χ3n) is 6.68. The first-order valence-corrected chi connectivity index (χ1v) is 11.7. The molecular weight excluding hydrogens is 444 g/mol. The molecular formula is C31H26N4O. The average molecular weight is 471 g/mol. The van der Waals surface area contributed by atoms with Crippen molar-refractivity contribution in [3.05, 3.63) is 149 Å². The molecule has 0 saturated carbocycles. The molecule has 176 valence electrons. The van der Waals surface area contributed by atoms with Crippen LogP contribution in [0.1, 0.15) is 28.3 Å². The quantitative estimate of drug-likeness (QED) is 0.363. The molecule has 0 bridgehead atoms. The molecule has 4 aromatic carbocycles. The Bertz CT molecular complexity index is 1380. The van der Waals surface area contributed by atoms with Crippen molar-refractivity contribution in [1.29, 1.82) is 5.26 Å². The van der Waals surface area contributed by atoms with Crippen LogP contribution in [0, 0.1) is 11.3 Å². The molecule has 0 aromatic heterocycles. The van der Waals surface area contributed by atoms with E-state index in [1.165, 1.54) is 0 Å². The number of benzene rings is 4. The molecule has 5 heteroatoms. The van der Waals surface area contributed by atoms with E-state index in [9.17, 15) is 5.26 Å². The van der Waals surface area contributed by atoms with Gasteiger partial charge in [0, 0.05) is 0 Å². The summed E-state index contributed by atoms with van der Waals surface area (Å²) in [6.45, 7) is 0. The Morgan fingerprint density at radius 1 is 0.833 bits per heavy atom. The maximum atomic E-state index is 10.5. The van der Waals surface area contributed by atoms with Gasteiger partial charge < -0.3 is 10.5 Å². The van der Waals surface area contributed by atoms with Crippen LogP contribution in [0.3, 0.4) is 0 Å². The van der Waals surface area contributed by atoms with Gasteiger partial charge in [0.15, 0.2) is 0 Å². The second kappa shape index (κ2) is 9.81. The van der Waals surface area contributed by atoms with Crippen LogP contribution >= 0.6 is 0 Å². The van der Waals surface area contributed by atoms with Crippen LogP contribution in [0.15, 0.2) is 132 Å². The molecule has 1 heterocycles. The first-order chi connectivity index (χ1) is 17.7. The Morgan fingerprint density at radius 2 is 1.36 bits per heavy atom. The van der Waals surface area contributed by atoms with Crippen LogP contribution in [0.25, 0.3) is 0 Å². The second-order valence-electron chi connectivity index (χ2n) is 8.59. The fourth-order valence-corrected chi connectivity index (χ4v) is 5.07. The molecule has 0 amide bonds. The monoisotopic (exact) mass is 470 g/mol. The van der Waals surface area contributed by atoms with Gasteiger partial charge >= 0.3 is 0 Å². The van der Waals surface area contributed by atoms with Crippen molar-refractivity contribution in [2.24, 2.45) is 10.8 Å². The number of nitrogens with two attached hydrogens (primary N) is 1. The van der Waals surface area contributed by atoms with Crippen molar-refractivity contribution in [2.75, 3.05) is 7.11 Å². The Morgan fingerprint density at radius 3 is 1.86 bits per heavy atom. The third kappa shape index (κ3) is 3.79. The summed E-state index contributed by atoms with van der Waals surface area (Å²) in [5.74, 6) is 1.11. The minimum atomic E-state index is -0.861. The zero-order chi connectivity index (χ0) is 25.0. The fraction of sp³-hybridized carbons (Fsp3) is 0.0968. The molecule has 36 heavy (non-hydrogen) atoms. The molecule has 5 rings (SSSR count). The van der Waals surface area contributed by atoms with Gasteiger partial charge in [0.25, 0.3) is 0 Å². The SMILES string of the molecule is COc1ccc(/C=N/N2C(N)=C(C#N)C(c3ccccc3)(c3ccccc3)C2c2ccccc2)cc1. The van der Waals surface area contributed by atoms with Crippen LogP contribution in [-0.2, 0) is 5.41 Å². The topological polar surface area (TPSA) is 74.6 Å². The molecule has 1 atom stereocenters. The summed E-state index contributed by atoms with van der Waals surface area (Å²) < 4.78 is 5.27. The van der Waals surface area contributed by atoms with E-state index in [1.807, 2.05) is 78.9 Å². The lowest BCUT2D eigenvalue weighted by Gasteiger charge is -2.39. The molecule has 0 saturated heterocycles. The Labute approximate surface area is 211 Å². The summed E-state index contributed by atoms with van der Waals surface area (Å²) >= 11 is 0. The van der Waals surface area contributed by atoms with E-state index in [4.69, 9.17) is 15.6 Å². The summed E-state index contributed by atoms with van der Waals surface area (Å²) in [7, 11) is 1.64. The lowest BCUT2D eigenvalue weighted by atomic mass is 9.64. The minimum Gasteiger partial charge on any atom is -0.497 e. The molecule has 4 aromatic rings. The number of hydrogen-bond acceptors (Lipinski definition) is 5. The summed E-state index contributed by atoms with van der Waals surface area (Å²) in [6.07, 6.45) is 1.77. The van der Waals surface area contributed by atoms with Gasteiger partial charge in [-0.2, -0.15) is 10.4 Å². The van der Waals surface area contributed by atoms with Crippen LogP contribution in [0.4, 0.5) is 0 Å². The second-order valence-corrected chi connectivity index (χ2v) is 8.59. The smallest absolute Gasteiger partial charge is 0.136 e. The van der Waals surface area contributed by atoms with Gasteiger partial charge in [-0.1, -0.05) is 91.0 Å². The number of methoxy groups -OCH3 is 1. The molecule has 5 nitrogen and oxygen atoms in total. The van der Waals surface area contributed by atoms with E-state index in [0.717, 1.165) is 28.0 Å². The number of hydrazone groups is 1. The first-order valence-electron chi connectivity index (χ1n) is 11.7. The summed E-state index contributed by atoms with van der Waals surface area (Å²) in [4.78, 5) is 0. The van der Waals surface area contributed by atoms with Crippen molar-refractivity contribution in [3.8, 4) is 11.8 Å². The van der Waals surface area contributed by atoms with Crippen molar-refractivity contribution in [1.82, 2.24) is 5.01 Å². The van der Waals surface area contributed by atoms with Gasteiger partial charge in [-0.3, -0.25) is 0 Å². The van der Waals surface area contributed by atoms with Gasteiger partial charge in [0.1, 0.15) is 11.6 Å². The van der Waals surface area contributed by atoms with E-state index < -0.39 is 5.41 Å². The van der Waals surface area contributed by atoms with E-state index in [1.54, 1.807) is 18.3 Å². The molecule has 0 spiro atoms. The summed E-state index contributed by atoms with van der Waals surface area (Å²) in [6, 6.07) is 40.0. The molecule has 1 aliphatic heterocycles. The minimum absolute atomic E-state index is 0.337. The average Bonchev–Trinajstić information content (AvgIpc) is 3.21. The fourth-order valence-electron chi connectivity index (χ4n) is 5.07. The Kier molecular flexibility index (Phi) is 6.25. The van der Waals surface area contributed by atoms with E-state index in [2.05, 4.69) is 42.5 Å². The lowest BCUT2D eigenvalue weighted by molar-refractivity contribution is 0.244. The zero-order valence-electron chi connectivity index (χ0n) is 20.0. The largest absolute Gasteiger partial charge is 0.497 e. The predicted molar refractivity (Wildman–Crippen MR) is 142 cm³/mol. The highest BCUT2D eigenvalue weighted by molar-refractivity contribution is 5.80. The number of nitriles is 1. The van der Waals surface area contributed by atoms with Crippen LogP contribution in [-0.4, -0.2) is 18.3 Å². The first kappa shape index (κ1) is 22.9. The van der Waals surface area contributed by atoms with E-state index in [-0.39, 0.29) is 6.04 Å². The lowest BCUT2D eigenvalue weighted by Crippen LogP contribution is -2.38. The maximum Gasteiger partial charge on any atom is 0.136 e. The number of ether oxygens (including phenoxy) is 1. The van der Waals surface area contributed by atoms with E-state index in [0.29, 0.717) is 11.4 Å². The Hall–Kier alpha value is -4.82. The standard InChI is InChI=1S/C31H26N4O/c1-36-27-19-17-23(18-20-27)22-34-35-29(24-11-5-2-6-12-24)31(28(21-32)30(35)33,25-13-7-3-8-14-25)26-15-9-4-10-16-26/h2-20,22,29H,33H2,1H3/b34-22+. The van der Waals surface area contributed by atoms with Crippen LogP contribution < -0.4 is 10.5 Å². The molecule has 2 N–H and O–H groups in total. The zero-order valence-corrected chi connectivity index (χ0v) is 20.0. The highest BCUT2D eigenvalue weighted by Crippen LogP contribution is 2.56. The Balaban J connectivity index is 1.76. The molecule has 0 radical (unpaired) electrons. The molecule has 1 aliphatic rings. The third-order valence-corrected chi connectivity index (χ3v) is 6.68. The van der Waals surface area contributed by atoms with Crippen molar-refractivity contribution >= 4 is 6.21 Å². The number of hydrogen-bond donors (Lipinski definition) is 1. The summed E-state index contributed by atoms with van der Waals surface area (Å²) in [5.41, 5.74) is 10.2. The maximum absolute atomic E-state index is 10.5. The number of rotatable bonds is 6. The van der Waals surface area contributed by atoms with E-state index >= 15 is 0 Å². The molecule has 0 fully saturated rings.